The lowest BCUT2D eigenvalue weighted by molar-refractivity contribution is -0.295. The van der Waals surface area contributed by atoms with Gasteiger partial charge < -0.3 is 77.6 Å². The summed E-state index contributed by atoms with van der Waals surface area (Å²) < 4.78 is 62.4. The second-order valence-corrected chi connectivity index (χ2v) is 31.0. The molecule has 102 heavy (non-hydrogen) atoms. The normalized spacial score (nSPS) is 40.2. The molecule has 3 N–H and O–H groups in total. The van der Waals surface area contributed by atoms with E-state index < -0.39 is 143 Å². The number of nitrogens with one attached hydrogen (secondary N) is 1. The van der Waals surface area contributed by atoms with Gasteiger partial charge in [0.15, 0.2) is 35.3 Å². The first-order valence-corrected chi connectivity index (χ1v) is 36.7. The van der Waals surface area contributed by atoms with E-state index in [1.165, 1.54) is 13.8 Å². The molecule has 0 spiro atoms. The van der Waals surface area contributed by atoms with Crippen LogP contribution in [-0.4, -0.2) is 279 Å². The van der Waals surface area contributed by atoms with E-state index in [0.717, 1.165) is 0 Å². The van der Waals surface area contributed by atoms with Gasteiger partial charge in [0, 0.05) is 92.8 Å². The number of ether oxygens (including phenoxy) is 10. The van der Waals surface area contributed by atoms with E-state index >= 15 is 0 Å². The SMILES string of the molecule is C.CC[C@H]1OC(=O)[C@H](C)C(=O)[C@H](C)[C@@H](O[C@@H]2OC(C)CC(N(C)C)C2O)[C@](C)(OC)C[C@@H](C)CN(C)[C@H](C)[C@H]2N(CCCCN=[N+]=[N-])C(=O)O[C@]12C.CC[C@H]1OC(=O)[C@H](C)C(=O)[C@H](C)[C@@H](O[C@@H]2OC(C)CC(N(C)C)C2O)[C@](C)(OC)C[C@@H](C)CN[C@H](C)[C@H]2N(CCCCN=[N+]=[N-])C(=O)O[C@]12C. The fourth-order valence-electron chi connectivity index (χ4n) is 16.7. The number of azide groups is 2. The van der Waals surface area contributed by atoms with Crippen molar-refractivity contribution in [3.05, 3.63) is 20.9 Å². The molecular weight excluding hydrogens is 1320 g/mol. The highest BCUT2D eigenvalue weighted by Crippen LogP contribution is 2.44. The molecule has 0 aromatic heterocycles. The Balaban J connectivity index is 0.000000428. The lowest BCUT2D eigenvalue weighted by Crippen LogP contribution is -2.61. The Labute approximate surface area is 607 Å². The van der Waals surface area contributed by atoms with E-state index in [1.54, 1.807) is 51.7 Å². The molecule has 6 saturated heterocycles. The molecule has 0 aromatic rings. The van der Waals surface area contributed by atoms with E-state index in [4.69, 9.17) is 58.4 Å². The quantitative estimate of drug-likeness (QED) is 0.0194. The molecule has 586 valence electrons. The number of cyclic esters (lactones) is 2. The number of aliphatic hydroxyl groups excluding tert-OH is 2. The Kier molecular flexibility index (Phi) is 34.2. The molecule has 6 aliphatic rings. The highest BCUT2D eigenvalue weighted by molar-refractivity contribution is 6.00. The van der Waals surface area contributed by atoms with Crippen molar-refractivity contribution in [2.24, 2.45) is 45.7 Å². The molecule has 6 unspecified atom stereocenters. The number of fused-ring (bicyclic) bond motifs is 2. The number of likely N-dealkylation sites (N-methyl/N-ethyl adjacent to an activating group) is 3. The van der Waals surface area contributed by atoms with E-state index in [1.807, 2.05) is 100 Å². The van der Waals surface area contributed by atoms with Crippen molar-refractivity contribution >= 4 is 35.7 Å². The van der Waals surface area contributed by atoms with Crippen LogP contribution in [0.25, 0.3) is 20.9 Å². The van der Waals surface area contributed by atoms with Gasteiger partial charge in [-0.1, -0.05) is 59.2 Å². The van der Waals surface area contributed by atoms with Gasteiger partial charge in [-0.2, -0.15) is 0 Å². The number of nitrogens with zero attached hydrogens (tertiary/aromatic N) is 11. The Morgan fingerprint density at radius 3 is 1.36 bits per heavy atom. The molecule has 0 bridgehead atoms. The highest BCUT2D eigenvalue weighted by Gasteiger charge is 2.61. The Morgan fingerprint density at radius 2 is 0.990 bits per heavy atom. The molecular formula is C72H130N12O18. The number of amides is 2. The number of methoxy groups -OCH3 is 2. The van der Waals surface area contributed by atoms with E-state index in [0.29, 0.717) is 103 Å². The van der Waals surface area contributed by atoms with Gasteiger partial charge in [0.25, 0.3) is 0 Å². The number of unbranched alkanes of at least 4 members (excludes halogenated alkanes) is 2. The van der Waals surface area contributed by atoms with Crippen LogP contribution in [0.3, 0.4) is 0 Å². The second-order valence-electron chi connectivity index (χ2n) is 31.0. The third-order valence-electron chi connectivity index (χ3n) is 22.5. The predicted molar refractivity (Wildman–Crippen MR) is 384 cm³/mol. The maximum Gasteiger partial charge on any atom is 0.410 e. The van der Waals surface area contributed by atoms with Gasteiger partial charge in [0.2, 0.25) is 0 Å². The summed E-state index contributed by atoms with van der Waals surface area (Å²) in [7, 11) is 12.7. The monoisotopic (exact) mass is 1450 g/mol. The van der Waals surface area contributed by atoms with Crippen LogP contribution < -0.4 is 5.32 Å². The first kappa shape index (κ1) is 89.4. The van der Waals surface area contributed by atoms with Crippen molar-refractivity contribution in [2.45, 2.75) is 302 Å². The van der Waals surface area contributed by atoms with Crippen LogP contribution in [0.4, 0.5) is 9.59 Å². The van der Waals surface area contributed by atoms with Crippen LogP contribution >= 0.6 is 0 Å². The molecule has 0 saturated carbocycles. The van der Waals surface area contributed by atoms with Gasteiger partial charge in [-0.25, -0.2) is 9.59 Å². The molecule has 6 rings (SSSR count). The topological polar surface area (TPSA) is 361 Å². The van der Waals surface area contributed by atoms with Crippen LogP contribution in [0.2, 0.25) is 0 Å². The third-order valence-corrected chi connectivity index (χ3v) is 22.5. The van der Waals surface area contributed by atoms with Crippen molar-refractivity contribution in [3.8, 4) is 0 Å². The average molecular weight is 1450 g/mol. The number of hydrogen-bond acceptors (Lipinski definition) is 24. The zero-order valence-corrected chi connectivity index (χ0v) is 64.9. The zero-order chi connectivity index (χ0) is 76.0. The minimum atomic E-state index is -1.22. The molecule has 2 amide bonds. The van der Waals surface area contributed by atoms with Crippen molar-refractivity contribution in [2.75, 3.05) is 88.7 Å². The minimum Gasteiger partial charge on any atom is -0.458 e. The lowest BCUT2D eigenvalue weighted by atomic mass is 9.78. The van der Waals surface area contributed by atoms with E-state index in [2.05, 4.69) is 44.1 Å². The number of ketones is 2. The fraction of sp³-hybridized carbons (Fsp3) is 0.917. The van der Waals surface area contributed by atoms with E-state index in [-0.39, 0.29) is 55.6 Å². The van der Waals surface area contributed by atoms with Crippen molar-refractivity contribution < 1.29 is 86.3 Å². The number of Topliss-reactive ketones (excluding diaryl/α,β-unsaturated/α-hetero) is 2. The van der Waals surface area contributed by atoms with E-state index in [9.17, 15) is 39.0 Å². The molecule has 0 aromatic carbocycles. The first-order valence-electron chi connectivity index (χ1n) is 36.7. The zero-order valence-electron chi connectivity index (χ0n) is 64.9. The number of aliphatic hydroxyl groups is 2. The summed E-state index contributed by atoms with van der Waals surface area (Å²) in [6, 6.07) is -2.01. The van der Waals surface area contributed by atoms with Crippen LogP contribution in [0, 0.1) is 35.5 Å². The number of esters is 2. The fourth-order valence-corrected chi connectivity index (χ4v) is 16.7. The predicted octanol–water partition coefficient (Wildman–Crippen LogP) is 9.09. The largest absolute Gasteiger partial charge is 0.458 e. The Hall–Kier alpha value is -5.04. The summed E-state index contributed by atoms with van der Waals surface area (Å²) in [6.07, 6.45) is -3.75. The van der Waals surface area contributed by atoms with Crippen molar-refractivity contribution in [1.82, 2.24) is 29.8 Å². The van der Waals surface area contributed by atoms with Gasteiger partial charge in [0.1, 0.15) is 36.3 Å². The Bertz CT molecular complexity index is 2840. The summed E-state index contributed by atoms with van der Waals surface area (Å²) >= 11 is 0. The maximum absolute atomic E-state index is 14.3. The van der Waals surface area contributed by atoms with Gasteiger partial charge in [-0.05, 0) is 198 Å². The molecule has 0 aliphatic carbocycles. The average Bonchev–Trinajstić information content (AvgIpc) is 1.58. The van der Waals surface area contributed by atoms with Gasteiger partial charge in [-0.3, -0.25) is 29.0 Å². The summed E-state index contributed by atoms with van der Waals surface area (Å²) in [4.78, 5) is 98.2. The number of carbonyl (C=O) groups is 6. The smallest absolute Gasteiger partial charge is 0.410 e. The van der Waals surface area contributed by atoms with Crippen LogP contribution in [0.1, 0.15) is 182 Å². The summed E-state index contributed by atoms with van der Waals surface area (Å²) in [5.74, 6) is -6.31. The van der Waals surface area contributed by atoms with Gasteiger partial charge in [0.05, 0.1) is 47.7 Å². The Morgan fingerprint density at radius 1 is 0.608 bits per heavy atom. The third kappa shape index (κ3) is 21.0. The molecule has 0 radical (unpaired) electrons. The summed E-state index contributed by atoms with van der Waals surface area (Å²) in [5, 5.41) is 33.6. The van der Waals surface area contributed by atoms with Gasteiger partial charge in [-0.15, -0.1) is 0 Å². The lowest BCUT2D eigenvalue weighted by Gasteiger charge is -2.47. The number of hydrogen-bond donors (Lipinski definition) is 3. The van der Waals surface area contributed by atoms with Crippen molar-refractivity contribution in [3.63, 3.8) is 0 Å². The van der Waals surface area contributed by atoms with Crippen molar-refractivity contribution in [1.29, 1.82) is 0 Å². The number of carbonyl (C=O) groups excluding carboxylic acids is 6. The summed E-state index contributed by atoms with van der Waals surface area (Å²) in [6.45, 7) is 32.1. The highest BCUT2D eigenvalue weighted by atomic mass is 16.7. The maximum atomic E-state index is 14.3. The van der Waals surface area contributed by atoms with Crippen LogP contribution in [0.15, 0.2) is 10.2 Å². The molecule has 30 nitrogen and oxygen atoms in total. The molecule has 30 heteroatoms. The molecule has 6 aliphatic heterocycles. The number of rotatable bonds is 20. The van der Waals surface area contributed by atoms with Crippen LogP contribution in [0.5, 0.6) is 0 Å². The minimum absolute atomic E-state index is 0. The second kappa shape index (κ2) is 39.0. The van der Waals surface area contributed by atoms with Crippen LogP contribution in [-0.2, 0) is 66.5 Å². The molecule has 26 atom stereocenters. The first-order chi connectivity index (χ1) is 47.3. The van der Waals surface area contributed by atoms with Gasteiger partial charge >= 0.3 is 24.1 Å². The summed E-state index contributed by atoms with van der Waals surface area (Å²) in [5.41, 5.74) is 12.8. The molecule has 6 heterocycles. The molecule has 6 fully saturated rings. The standard InChI is InChI=1S/C36H64N6O9.C35H62N6O9.CH4/c1-13-27-36(8)30(42(34(46)51-36)17-15-14-16-38-39-37)25(6)41(11)20-21(2)19-35(7,47-12)31(23(4)28(43)24(5)32(45)49-27)50-33-29(44)26(40(9)10)18-22(3)48-33;1-12-26-35(8)29(41(33(45)50-35)16-14-13-15-38-39-36)24(6)37-19-20(2)18-34(7,46-11)30(22(4)27(42)23(5)31(44)48-26)49-32-28(43)25(40(9)10)17-21(3)47-32;/h21-27,29-31,33,44H,13-20H2,1-12H3;20-26,28-30,32,37,43H,12-19H2,1-11H3;1H4/t21-,22?,23+,24-,25-,26?,27-,29?,30-,31-,33+,35-,36-;20-,21?,22+,23-,24-,25?,26-,28?,29-,30-,32+,34-,35-;/m11./s1.